The average Bonchev–Trinajstić information content (AvgIpc) is 2.88. The Morgan fingerprint density at radius 3 is 2.74 bits per heavy atom. The molecule has 100 valence electrons. The molecule has 0 N–H and O–H groups in total. The first-order chi connectivity index (χ1) is 9.22. The molecule has 6 heteroatoms. The fourth-order valence-electron chi connectivity index (χ4n) is 2.84. The number of nitrogens with zero attached hydrogens (tertiary/aromatic N) is 4. The van der Waals surface area contributed by atoms with Gasteiger partial charge in [-0.15, -0.1) is 0 Å². The summed E-state index contributed by atoms with van der Waals surface area (Å²) in [5, 5.41) is 8.98. The summed E-state index contributed by atoms with van der Waals surface area (Å²) in [7, 11) is 0. The second-order valence-electron chi connectivity index (χ2n) is 5.27. The Hall–Kier alpha value is -1.38. The maximum absolute atomic E-state index is 8.79. The van der Waals surface area contributed by atoms with Gasteiger partial charge in [0.15, 0.2) is 10.8 Å². The highest BCUT2D eigenvalue weighted by molar-refractivity contribution is 6.30. The quantitative estimate of drug-likeness (QED) is 0.786. The Kier molecular flexibility index (Phi) is 3.29. The first-order valence-corrected chi connectivity index (χ1v) is 6.86. The van der Waals surface area contributed by atoms with Crippen molar-refractivity contribution in [3.63, 3.8) is 0 Å². The number of ether oxygens (including phenoxy) is 1. The smallest absolute Gasteiger partial charge is 0.178 e. The van der Waals surface area contributed by atoms with Crippen molar-refractivity contribution in [1.82, 2.24) is 9.97 Å². The van der Waals surface area contributed by atoms with Crippen LogP contribution in [0.1, 0.15) is 25.0 Å². The Morgan fingerprint density at radius 2 is 2.16 bits per heavy atom. The molecule has 1 aromatic rings. The van der Waals surface area contributed by atoms with Crippen LogP contribution in [0.3, 0.4) is 0 Å². The zero-order chi connectivity index (χ0) is 13.3. The van der Waals surface area contributed by atoms with E-state index in [1.807, 2.05) is 6.07 Å². The third-order valence-corrected chi connectivity index (χ3v) is 4.42. The molecule has 3 heterocycles. The number of hydrogen-bond donors (Lipinski definition) is 0. The standard InChI is InChI=1S/C13H15ClN4O/c14-12-10(7-15)16-8-11(17-12)18-4-1-13(2-5-18)3-6-19-9-13/h8H,1-6,9H2. The number of piperidine rings is 1. The summed E-state index contributed by atoms with van der Waals surface area (Å²) in [5.41, 5.74) is 0.559. The SMILES string of the molecule is N#Cc1ncc(N2CCC3(CCOC3)CC2)nc1Cl. The van der Waals surface area contributed by atoms with Gasteiger partial charge in [0.1, 0.15) is 11.9 Å². The average molecular weight is 279 g/mol. The van der Waals surface area contributed by atoms with Crippen LogP contribution in [0.2, 0.25) is 5.15 Å². The summed E-state index contributed by atoms with van der Waals surface area (Å²) in [6.45, 7) is 3.67. The normalized spacial score (nSPS) is 21.6. The molecule has 0 bridgehead atoms. The molecule has 0 amide bonds. The molecule has 5 nitrogen and oxygen atoms in total. The van der Waals surface area contributed by atoms with Gasteiger partial charge in [-0.25, -0.2) is 9.97 Å². The maximum atomic E-state index is 8.79. The van der Waals surface area contributed by atoms with Gasteiger partial charge in [0.2, 0.25) is 0 Å². The number of anilines is 1. The number of nitriles is 1. The second kappa shape index (κ2) is 4.95. The lowest BCUT2D eigenvalue weighted by atomic mass is 9.78. The Morgan fingerprint density at radius 1 is 1.37 bits per heavy atom. The number of aromatic nitrogens is 2. The van der Waals surface area contributed by atoms with Crippen molar-refractivity contribution in [3.8, 4) is 6.07 Å². The topological polar surface area (TPSA) is 62.0 Å². The van der Waals surface area contributed by atoms with Gasteiger partial charge in [-0.05, 0) is 24.7 Å². The lowest BCUT2D eigenvalue weighted by Gasteiger charge is -2.38. The van der Waals surface area contributed by atoms with E-state index in [9.17, 15) is 0 Å². The zero-order valence-electron chi connectivity index (χ0n) is 10.6. The predicted octanol–water partition coefficient (Wildman–Crippen LogP) is 2.01. The van der Waals surface area contributed by atoms with Crippen molar-refractivity contribution < 1.29 is 4.74 Å². The van der Waals surface area contributed by atoms with Crippen molar-refractivity contribution in [2.75, 3.05) is 31.2 Å². The molecular weight excluding hydrogens is 264 g/mol. The van der Waals surface area contributed by atoms with E-state index >= 15 is 0 Å². The molecule has 2 saturated heterocycles. The van der Waals surface area contributed by atoms with Crippen LogP contribution in [0.4, 0.5) is 5.82 Å². The largest absolute Gasteiger partial charge is 0.381 e. The van der Waals surface area contributed by atoms with Gasteiger partial charge in [-0.3, -0.25) is 0 Å². The summed E-state index contributed by atoms with van der Waals surface area (Å²) in [6, 6.07) is 1.92. The van der Waals surface area contributed by atoms with Gasteiger partial charge in [0.05, 0.1) is 12.8 Å². The fourth-order valence-corrected chi connectivity index (χ4v) is 3.02. The van der Waals surface area contributed by atoms with Crippen LogP contribution >= 0.6 is 11.6 Å². The van der Waals surface area contributed by atoms with E-state index in [0.29, 0.717) is 5.41 Å². The van der Waals surface area contributed by atoms with Crippen molar-refractivity contribution in [2.24, 2.45) is 5.41 Å². The molecule has 0 unspecified atom stereocenters. The Labute approximate surface area is 117 Å². The maximum Gasteiger partial charge on any atom is 0.178 e. The Bertz CT molecular complexity index is 512. The summed E-state index contributed by atoms with van der Waals surface area (Å²) in [6.07, 6.45) is 5.03. The minimum Gasteiger partial charge on any atom is -0.381 e. The van der Waals surface area contributed by atoms with Gasteiger partial charge in [-0.1, -0.05) is 11.6 Å². The van der Waals surface area contributed by atoms with E-state index in [2.05, 4.69) is 14.9 Å². The molecule has 0 radical (unpaired) electrons. The molecule has 1 spiro atoms. The number of rotatable bonds is 1. The molecule has 0 aromatic carbocycles. The van der Waals surface area contributed by atoms with Gasteiger partial charge in [-0.2, -0.15) is 5.26 Å². The molecule has 2 aliphatic heterocycles. The molecule has 3 rings (SSSR count). The van der Waals surface area contributed by atoms with E-state index in [0.717, 1.165) is 45.0 Å². The van der Waals surface area contributed by atoms with Crippen molar-refractivity contribution in [1.29, 1.82) is 5.26 Å². The van der Waals surface area contributed by atoms with Crippen LogP contribution in [0.15, 0.2) is 6.20 Å². The molecule has 1 aromatic heterocycles. The van der Waals surface area contributed by atoms with Crippen LogP contribution in [-0.2, 0) is 4.74 Å². The van der Waals surface area contributed by atoms with E-state index in [1.54, 1.807) is 6.20 Å². The zero-order valence-corrected chi connectivity index (χ0v) is 11.4. The fraction of sp³-hybridized carbons (Fsp3) is 0.615. The van der Waals surface area contributed by atoms with Crippen LogP contribution in [0, 0.1) is 16.7 Å². The number of hydrogen-bond acceptors (Lipinski definition) is 5. The van der Waals surface area contributed by atoms with E-state index in [4.69, 9.17) is 21.6 Å². The van der Waals surface area contributed by atoms with Gasteiger partial charge < -0.3 is 9.64 Å². The van der Waals surface area contributed by atoms with Crippen molar-refractivity contribution in [3.05, 3.63) is 17.0 Å². The minimum absolute atomic E-state index is 0.183. The first-order valence-electron chi connectivity index (χ1n) is 6.48. The van der Waals surface area contributed by atoms with Crippen LogP contribution < -0.4 is 4.90 Å². The lowest BCUT2D eigenvalue weighted by molar-refractivity contribution is 0.133. The van der Waals surface area contributed by atoms with Crippen LogP contribution in [0.5, 0.6) is 0 Å². The predicted molar refractivity (Wildman–Crippen MR) is 71.1 cm³/mol. The van der Waals surface area contributed by atoms with Crippen molar-refractivity contribution in [2.45, 2.75) is 19.3 Å². The summed E-state index contributed by atoms with van der Waals surface area (Å²) >= 11 is 5.93. The summed E-state index contributed by atoms with van der Waals surface area (Å²) in [5.74, 6) is 0.762. The van der Waals surface area contributed by atoms with Gasteiger partial charge >= 0.3 is 0 Å². The van der Waals surface area contributed by atoms with E-state index in [-0.39, 0.29) is 10.8 Å². The van der Waals surface area contributed by atoms with Crippen LogP contribution in [-0.4, -0.2) is 36.3 Å². The van der Waals surface area contributed by atoms with Crippen molar-refractivity contribution >= 4 is 17.4 Å². The molecular formula is C13H15ClN4O. The lowest BCUT2D eigenvalue weighted by Crippen LogP contribution is -2.40. The minimum atomic E-state index is 0.183. The monoisotopic (exact) mass is 278 g/mol. The second-order valence-corrected chi connectivity index (χ2v) is 5.63. The molecule has 2 fully saturated rings. The van der Waals surface area contributed by atoms with Crippen LogP contribution in [0.25, 0.3) is 0 Å². The van der Waals surface area contributed by atoms with Gasteiger partial charge in [0, 0.05) is 19.7 Å². The number of halogens is 1. The molecule has 2 aliphatic rings. The highest BCUT2D eigenvalue weighted by atomic mass is 35.5. The first kappa shape index (κ1) is 12.6. The highest BCUT2D eigenvalue weighted by Gasteiger charge is 2.38. The summed E-state index contributed by atoms with van der Waals surface area (Å²) < 4.78 is 5.52. The molecule has 0 saturated carbocycles. The Balaban J connectivity index is 1.71. The van der Waals surface area contributed by atoms with E-state index < -0.39 is 0 Å². The third-order valence-electron chi connectivity index (χ3n) is 4.16. The summed E-state index contributed by atoms with van der Waals surface area (Å²) in [4.78, 5) is 10.5. The van der Waals surface area contributed by atoms with E-state index in [1.165, 1.54) is 6.42 Å². The molecule has 19 heavy (non-hydrogen) atoms. The molecule has 0 aliphatic carbocycles. The van der Waals surface area contributed by atoms with Gasteiger partial charge in [0.25, 0.3) is 0 Å². The third kappa shape index (κ3) is 2.38. The highest BCUT2D eigenvalue weighted by Crippen LogP contribution is 2.39. The molecule has 0 atom stereocenters.